The van der Waals surface area contributed by atoms with Crippen LogP contribution in [0.25, 0.3) is 0 Å². The molecule has 0 saturated heterocycles. The number of rotatable bonds is 3. The fourth-order valence-electron chi connectivity index (χ4n) is 1.71. The summed E-state index contributed by atoms with van der Waals surface area (Å²) >= 11 is 0. The van der Waals surface area contributed by atoms with Gasteiger partial charge in [-0.25, -0.2) is 4.68 Å². The van der Waals surface area contributed by atoms with Gasteiger partial charge in [-0.15, -0.1) is 5.10 Å². The van der Waals surface area contributed by atoms with Crippen molar-refractivity contribution in [3.8, 4) is 11.5 Å². The minimum Gasteiger partial charge on any atom is -0.454 e. The Morgan fingerprint density at radius 1 is 1.29 bits per heavy atom. The third kappa shape index (κ3) is 1.94. The first-order valence-electron chi connectivity index (χ1n) is 5.23. The first-order valence-corrected chi connectivity index (χ1v) is 5.23. The van der Waals surface area contributed by atoms with E-state index in [-0.39, 0.29) is 13.4 Å². The number of nitrogens with zero attached hydrogens (tertiary/aromatic N) is 3. The molecule has 1 aliphatic heterocycles. The van der Waals surface area contributed by atoms with E-state index in [0.717, 1.165) is 17.1 Å². The summed E-state index contributed by atoms with van der Waals surface area (Å²) in [4.78, 5) is 0. The highest BCUT2D eigenvalue weighted by atomic mass is 16.7. The molecule has 2 heterocycles. The molecule has 0 amide bonds. The van der Waals surface area contributed by atoms with Crippen LogP contribution in [0.15, 0.2) is 24.4 Å². The molecule has 0 aliphatic carbocycles. The zero-order valence-electron chi connectivity index (χ0n) is 9.04. The highest BCUT2D eigenvalue weighted by molar-refractivity contribution is 5.44. The molecule has 2 aromatic rings. The van der Waals surface area contributed by atoms with Gasteiger partial charge in [0.1, 0.15) is 5.69 Å². The van der Waals surface area contributed by atoms with Crippen molar-refractivity contribution in [1.29, 1.82) is 0 Å². The topological polar surface area (TPSA) is 69.4 Å². The molecule has 3 rings (SSSR count). The van der Waals surface area contributed by atoms with Crippen LogP contribution in [0.1, 0.15) is 11.3 Å². The van der Waals surface area contributed by atoms with E-state index in [1.807, 2.05) is 18.2 Å². The second-order valence-electron chi connectivity index (χ2n) is 3.75. The van der Waals surface area contributed by atoms with Crippen molar-refractivity contribution in [3.05, 3.63) is 35.7 Å². The summed E-state index contributed by atoms with van der Waals surface area (Å²) in [6.45, 7) is 0.765. The Bertz CT molecular complexity index is 539. The van der Waals surface area contributed by atoms with Crippen molar-refractivity contribution in [2.75, 3.05) is 6.79 Å². The van der Waals surface area contributed by atoms with Crippen LogP contribution in [0.3, 0.4) is 0 Å². The lowest BCUT2D eigenvalue weighted by Crippen LogP contribution is -2.00. The van der Waals surface area contributed by atoms with E-state index in [4.69, 9.17) is 14.6 Å². The summed E-state index contributed by atoms with van der Waals surface area (Å²) in [5.74, 6) is 1.52. The Labute approximate surface area is 97.4 Å². The van der Waals surface area contributed by atoms with Gasteiger partial charge in [0, 0.05) is 0 Å². The van der Waals surface area contributed by atoms with E-state index < -0.39 is 0 Å². The quantitative estimate of drug-likeness (QED) is 0.838. The Balaban J connectivity index is 1.80. The molecular weight excluding hydrogens is 222 g/mol. The van der Waals surface area contributed by atoms with Crippen LogP contribution in [-0.2, 0) is 13.2 Å². The molecule has 0 atom stereocenters. The number of aliphatic hydroxyl groups is 1. The van der Waals surface area contributed by atoms with Gasteiger partial charge in [0.2, 0.25) is 6.79 Å². The maximum absolute atomic E-state index is 8.89. The van der Waals surface area contributed by atoms with Crippen molar-refractivity contribution in [2.45, 2.75) is 13.2 Å². The fourth-order valence-corrected chi connectivity index (χ4v) is 1.71. The van der Waals surface area contributed by atoms with Crippen molar-refractivity contribution in [3.63, 3.8) is 0 Å². The molecule has 0 spiro atoms. The summed E-state index contributed by atoms with van der Waals surface area (Å²) in [5.41, 5.74) is 1.61. The van der Waals surface area contributed by atoms with Crippen LogP contribution in [0, 0.1) is 0 Å². The predicted octanol–water partition coefficient (Wildman–Crippen LogP) is 0.547. The highest BCUT2D eigenvalue weighted by Gasteiger charge is 2.13. The molecular formula is C11H11N3O3. The van der Waals surface area contributed by atoms with Crippen molar-refractivity contribution >= 4 is 0 Å². The van der Waals surface area contributed by atoms with Crippen LogP contribution in [0.4, 0.5) is 0 Å². The zero-order valence-corrected chi connectivity index (χ0v) is 9.04. The SMILES string of the molecule is OCc1cn(Cc2ccc3c(c2)OCO3)nn1. The Morgan fingerprint density at radius 2 is 2.18 bits per heavy atom. The average Bonchev–Trinajstić information content (AvgIpc) is 2.96. The minimum absolute atomic E-state index is 0.0961. The molecule has 1 aromatic heterocycles. The number of aromatic nitrogens is 3. The molecule has 0 unspecified atom stereocenters. The smallest absolute Gasteiger partial charge is 0.231 e. The molecule has 17 heavy (non-hydrogen) atoms. The van der Waals surface area contributed by atoms with Gasteiger partial charge in [0.25, 0.3) is 0 Å². The fraction of sp³-hybridized carbons (Fsp3) is 0.273. The van der Waals surface area contributed by atoms with Crippen LogP contribution >= 0.6 is 0 Å². The van der Waals surface area contributed by atoms with Gasteiger partial charge in [-0.05, 0) is 17.7 Å². The lowest BCUT2D eigenvalue weighted by Gasteiger charge is -2.02. The number of benzene rings is 1. The van der Waals surface area contributed by atoms with E-state index >= 15 is 0 Å². The third-order valence-corrected chi connectivity index (χ3v) is 2.53. The Kier molecular flexibility index (Phi) is 2.41. The maximum atomic E-state index is 8.89. The zero-order chi connectivity index (χ0) is 11.7. The first-order chi connectivity index (χ1) is 8.35. The average molecular weight is 233 g/mol. The van der Waals surface area contributed by atoms with Crippen molar-refractivity contribution in [2.24, 2.45) is 0 Å². The van der Waals surface area contributed by atoms with Crippen molar-refractivity contribution < 1.29 is 14.6 Å². The molecule has 0 fully saturated rings. The summed E-state index contributed by atoms with van der Waals surface area (Å²) in [6.07, 6.45) is 1.71. The first kappa shape index (κ1) is 10.1. The summed E-state index contributed by atoms with van der Waals surface area (Å²) in [7, 11) is 0. The third-order valence-electron chi connectivity index (χ3n) is 2.53. The Hall–Kier alpha value is -2.08. The number of aliphatic hydroxyl groups excluding tert-OH is 1. The normalized spacial score (nSPS) is 13.0. The van der Waals surface area contributed by atoms with Gasteiger partial charge in [-0.1, -0.05) is 11.3 Å². The minimum atomic E-state index is -0.0961. The molecule has 1 N–H and O–H groups in total. The van der Waals surface area contributed by atoms with Crippen LogP contribution < -0.4 is 9.47 Å². The lowest BCUT2D eigenvalue weighted by molar-refractivity contribution is 0.174. The predicted molar refractivity (Wildman–Crippen MR) is 57.6 cm³/mol. The summed E-state index contributed by atoms with van der Waals surface area (Å²) < 4.78 is 12.2. The number of hydrogen-bond donors (Lipinski definition) is 1. The molecule has 6 nitrogen and oxygen atoms in total. The molecule has 1 aromatic carbocycles. The van der Waals surface area contributed by atoms with E-state index in [1.54, 1.807) is 10.9 Å². The van der Waals surface area contributed by atoms with Crippen molar-refractivity contribution in [1.82, 2.24) is 15.0 Å². The monoisotopic (exact) mass is 233 g/mol. The van der Waals surface area contributed by atoms with E-state index in [9.17, 15) is 0 Å². The summed E-state index contributed by atoms with van der Waals surface area (Å²) in [5, 5.41) is 16.6. The molecule has 0 bridgehead atoms. The lowest BCUT2D eigenvalue weighted by atomic mass is 10.2. The number of ether oxygens (including phenoxy) is 2. The number of hydrogen-bond acceptors (Lipinski definition) is 5. The van der Waals surface area contributed by atoms with Gasteiger partial charge in [0.05, 0.1) is 19.3 Å². The summed E-state index contributed by atoms with van der Waals surface area (Å²) in [6, 6.07) is 5.75. The van der Waals surface area contributed by atoms with Crippen LogP contribution in [0.5, 0.6) is 11.5 Å². The molecule has 0 radical (unpaired) electrons. The number of fused-ring (bicyclic) bond motifs is 1. The van der Waals surface area contributed by atoms with Gasteiger partial charge >= 0.3 is 0 Å². The van der Waals surface area contributed by atoms with Gasteiger partial charge in [0.15, 0.2) is 11.5 Å². The Morgan fingerprint density at radius 3 is 3.00 bits per heavy atom. The molecule has 1 aliphatic rings. The molecule has 0 saturated carbocycles. The van der Waals surface area contributed by atoms with E-state index in [1.165, 1.54) is 0 Å². The van der Waals surface area contributed by atoms with Crippen LogP contribution in [0.2, 0.25) is 0 Å². The highest BCUT2D eigenvalue weighted by Crippen LogP contribution is 2.32. The molecule has 88 valence electrons. The van der Waals surface area contributed by atoms with Gasteiger partial charge in [-0.2, -0.15) is 0 Å². The standard InChI is InChI=1S/C11H11N3O3/c15-6-9-5-14(13-12-9)4-8-1-2-10-11(3-8)17-7-16-10/h1-3,5,15H,4,6-7H2. The second-order valence-corrected chi connectivity index (χ2v) is 3.75. The van der Waals surface area contributed by atoms with E-state index in [2.05, 4.69) is 10.3 Å². The van der Waals surface area contributed by atoms with E-state index in [0.29, 0.717) is 12.2 Å². The van der Waals surface area contributed by atoms with Gasteiger partial charge in [-0.3, -0.25) is 0 Å². The molecule has 6 heteroatoms. The second kappa shape index (κ2) is 4.06. The maximum Gasteiger partial charge on any atom is 0.231 e. The van der Waals surface area contributed by atoms with Gasteiger partial charge < -0.3 is 14.6 Å². The van der Waals surface area contributed by atoms with Crippen LogP contribution in [-0.4, -0.2) is 26.9 Å². The largest absolute Gasteiger partial charge is 0.454 e.